The first kappa shape index (κ1) is 15.0. The van der Waals surface area contributed by atoms with E-state index in [0.29, 0.717) is 18.7 Å². The smallest absolute Gasteiger partial charge is 0.340 e. The maximum atomic E-state index is 13.7. The summed E-state index contributed by atoms with van der Waals surface area (Å²) in [5.41, 5.74) is 1.39. The Morgan fingerprint density at radius 2 is 2.00 bits per heavy atom. The lowest BCUT2D eigenvalue weighted by Crippen LogP contribution is -2.13. The third-order valence-corrected chi connectivity index (χ3v) is 3.07. The Balaban J connectivity index is 1.97. The molecule has 0 amide bonds. The molecule has 0 saturated heterocycles. The van der Waals surface area contributed by atoms with Gasteiger partial charge in [-0.2, -0.15) is 0 Å². The van der Waals surface area contributed by atoms with Crippen LogP contribution in [0, 0.1) is 5.82 Å². The van der Waals surface area contributed by atoms with E-state index in [1.165, 1.54) is 19.2 Å². The van der Waals surface area contributed by atoms with Crippen molar-refractivity contribution in [1.82, 2.24) is 5.32 Å². The number of carbonyl (C=O) groups excluding carboxylic acids is 1. The van der Waals surface area contributed by atoms with Gasteiger partial charge < -0.3 is 15.2 Å². The van der Waals surface area contributed by atoms with Crippen molar-refractivity contribution in [2.75, 3.05) is 7.11 Å². The minimum absolute atomic E-state index is 0.0815. The Labute approximate surface area is 122 Å². The minimum atomic E-state index is -0.693. The number of hydrogen-bond donors (Lipinski definition) is 2. The molecule has 0 aliphatic rings. The van der Waals surface area contributed by atoms with Crippen LogP contribution in [0.15, 0.2) is 42.5 Å². The molecule has 0 saturated carbocycles. The van der Waals surface area contributed by atoms with E-state index in [9.17, 15) is 14.3 Å². The summed E-state index contributed by atoms with van der Waals surface area (Å²) in [5.74, 6) is -1.08. The number of methoxy groups -OCH3 is 1. The number of phenolic OH excluding ortho intramolecular Hbond substituents is 1. The molecule has 5 heteroatoms. The van der Waals surface area contributed by atoms with Crippen molar-refractivity contribution in [2.24, 2.45) is 0 Å². The predicted molar refractivity (Wildman–Crippen MR) is 76.4 cm³/mol. The van der Waals surface area contributed by atoms with Gasteiger partial charge in [-0.15, -0.1) is 0 Å². The summed E-state index contributed by atoms with van der Waals surface area (Å²) in [6, 6.07) is 11.4. The minimum Gasteiger partial charge on any atom is -0.508 e. The van der Waals surface area contributed by atoms with Gasteiger partial charge in [-0.1, -0.05) is 24.3 Å². The molecule has 2 rings (SSSR count). The first-order chi connectivity index (χ1) is 10.1. The Hall–Kier alpha value is -2.40. The van der Waals surface area contributed by atoms with Crippen molar-refractivity contribution in [3.05, 3.63) is 65.0 Å². The van der Waals surface area contributed by atoms with Crippen LogP contribution in [0.25, 0.3) is 0 Å². The first-order valence-corrected chi connectivity index (χ1v) is 6.46. The molecule has 0 heterocycles. The summed E-state index contributed by atoms with van der Waals surface area (Å²) in [4.78, 5) is 11.3. The Bertz CT molecular complexity index is 643. The maximum absolute atomic E-state index is 13.7. The van der Waals surface area contributed by atoms with E-state index in [2.05, 4.69) is 10.1 Å². The fourth-order valence-electron chi connectivity index (χ4n) is 1.95. The second kappa shape index (κ2) is 6.85. The molecule has 2 aromatic carbocycles. The predicted octanol–water partition coefficient (Wildman–Crippen LogP) is 2.61. The van der Waals surface area contributed by atoms with Crippen molar-refractivity contribution in [3.63, 3.8) is 0 Å². The maximum Gasteiger partial charge on any atom is 0.340 e. The normalized spacial score (nSPS) is 10.4. The largest absolute Gasteiger partial charge is 0.508 e. The molecule has 0 atom stereocenters. The summed E-state index contributed by atoms with van der Waals surface area (Å²) in [7, 11) is 1.21. The highest BCUT2D eigenvalue weighted by Crippen LogP contribution is 2.16. The van der Waals surface area contributed by atoms with Gasteiger partial charge in [-0.3, -0.25) is 0 Å². The number of halogens is 1. The number of carbonyl (C=O) groups is 1. The number of rotatable bonds is 5. The molecule has 0 fully saturated rings. The van der Waals surface area contributed by atoms with E-state index in [-0.39, 0.29) is 11.3 Å². The first-order valence-electron chi connectivity index (χ1n) is 6.46. The zero-order chi connectivity index (χ0) is 15.2. The Morgan fingerprint density at radius 1 is 1.24 bits per heavy atom. The molecule has 21 heavy (non-hydrogen) atoms. The van der Waals surface area contributed by atoms with E-state index in [4.69, 9.17) is 0 Å². The molecule has 0 spiro atoms. The van der Waals surface area contributed by atoms with Crippen LogP contribution in [0.3, 0.4) is 0 Å². The topological polar surface area (TPSA) is 58.6 Å². The zero-order valence-corrected chi connectivity index (χ0v) is 11.6. The molecule has 110 valence electrons. The molecular weight excluding hydrogens is 273 g/mol. The number of esters is 1. The highest BCUT2D eigenvalue weighted by atomic mass is 19.1. The molecule has 0 radical (unpaired) electrons. The quantitative estimate of drug-likeness (QED) is 0.831. The number of ether oxygens (including phenoxy) is 1. The lowest BCUT2D eigenvalue weighted by atomic mass is 10.1. The standard InChI is InChI=1S/C16H16FNO3/c1-21-16(20)13-7-6-11(8-14(13)17)9-18-10-12-4-2-3-5-15(12)19/h2-8,18-19H,9-10H2,1H3. The second-order valence-electron chi connectivity index (χ2n) is 4.54. The van der Waals surface area contributed by atoms with Crippen LogP contribution in [0.2, 0.25) is 0 Å². The molecular formula is C16H16FNO3. The lowest BCUT2D eigenvalue weighted by molar-refractivity contribution is 0.0595. The SMILES string of the molecule is COC(=O)c1ccc(CNCc2ccccc2O)cc1F. The lowest BCUT2D eigenvalue weighted by Gasteiger charge is -2.08. The molecule has 4 nitrogen and oxygen atoms in total. The van der Waals surface area contributed by atoms with Crippen LogP contribution in [0.1, 0.15) is 21.5 Å². The summed E-state index contributed by atoms with van der Waals surface area (Å²) < 4.78 is 18.2. The van der Waals surface area contributed by atoms with Crippen LogP contribution in [-0.4, -0.2) is 18.2 Å². The van der Waals surface area contributed by atoms with Crippen molar-refractivity contribution in [2.45, 2.75) is 13.1 Å². The fourth-order valence-corrected chi connectivity index (χ4v) is 1.95. The van der Waals surface area contributed by atoms with Crippen molar-refractivity contribution >= 4 is 5.97 Å². The van der Waals surface area contributed by atoms with Gasteiger partial charge in [0, 0.05) is 18.7 Å². The van der Waals surface area contributed by atoms with Gasteiger partial charge in [-0.05, 0) is 23.8 Å². The van der Waals surface area contributed by atoms with E-state index < -0.39 is 11.8 Å². The van der Waals surface area contributed by atoms with Gasteiger partial charge in [0.25, 0.3) is 0 Å². The number of hydrogen-bond acceptors (Lipinski definition) is 4. The monoisotopic (exact) mass is 289 g/mol. The zero-order valence-electron chi connectivity index (χ0n) is 11.6. The van der Waals surface area contributed by atoms with Crippen LogP contribution < -0.4 is 5.32 Å². The summed E-state index contributed by atoms with van der Waals surface area (Å²) in [6.45, 7) is 0.889. The molecule has 2 N–H and O–H groups in total. The van der Waals surface area contributed by atoms with Crippen molar-refractivity contribution < 1.29 is 19.0 Å². The van der Waals surface area contributed by atoms with Gasteiger partial charge in [0.15, 0.2) is 0 Å². The number of para-hydroxylation sites is 1. The molecule has 0 aliphatic heterocycles. The average Bonchev–Trinajstić information content (AvgIpc) is 2.48. The summed E-state index contributed by atoms with van der Waals surface area (Å²) in [5, 5.41) is 12.7. The van der Waals surface area contributed by atoms with Crippen LogP contribution in [0.4, 0.5) is 4.39 Å². The molecule has 0 unspecified atom stereocenters. The summed E-state index contributed by atoms with van der Waals surface area (Å²) in [6.07, 6.45) is 0. The molecule has 0 bridgehead atoms. The summed E-state index contributed by atoms with van der Waals surface area (Å²) >= 11 is 0. The molecule has 0 aliphatic carbocycles. The fraction of sp³-hybridized carbons (Fsp3) is 0.188. The average molecular weight is 289 g/mol. The van der Waals surface area contributed by atoms with Crippen LogP contribution >= 0.6 is 0 Å². The van der Waals surface area contributed by atoms with Gasteiger partial charge in [0.2, 0.25) is 0 Å². The number of benzene rings is 2. The van der Waals surface area contributed by atoms with Gasteiger partial charge in [0.05, 0.1) is 12.7 Å². The van der Waals surface area contributed by atoms with Crippen molar-refractivity contribution in [1.29, 1.82) is 0 Å². The number of nitrogens with one attached hydrogen (secondary N) is 1. The van der Waals surface area contributed by atoms with E-state index in [0.717, 1.165) is 5.56 Å². The molecule has 0 aromatic heterocycles. The van der Waals surface area contributed by atoms with E-state index >= 15 is 0 Å². The van der Waals surface area contributed by atoms with Crippen LogP contribution in [-0.2, 0) is 17.8 Å². The van der Waals surface area contributed by atoms with Gasteiger partial charge in [0.1, 0.15) is 11.6 Å². The van der Waals surface area contributed by atoms with Gasteiger partial charge in [-0.25, -0.2) is 9.18 Å². The van der Waals surface area contributed by atoms with E-state index in [1.807, 2.05) is 12.1 Å². The van der Waals surface area contributed by atoms with E-state index in [1.54, 1.807) is 18.2 Å². The highest BCUT2D eigenvalue weighted by molar-refractivity contribution is 5.89. The van der Waals surface area contributed by atoms with Crippen molar-refractivity contribution in [3.8, 4) is 5.75 Å². The third-order valence-electron chi connectivity index (χ3n) is 3.07. The molecule has 2 aromatic rings. The second-order valence-corrected chi connectivity index (χ2v) is 4.54. The number of aromatic hydroxyl groups is 1. The van der Waals surface area contributed by atoms with Crippen LogP contribution in [0.5, 0.6) is 5.75 Å². The Kier molecular flexibility index (Phi) is 4.90. The number of phenols is 1. The highest BCUT2D eigenvalue weighted by Gasteiger charge is 2.12. The van der Waals surface area contributed by atoms with Gasteiger partial charge >= 0.3 is 5.97 Å². The third kappa shape index (κ3) is 3.79. The Morgan fingerprint density at radius 3 is 2.67 bits per heavy atom.